The fourth-order valence-corrected chi connectivity index (χ4v) is 3.74. The first-order valence-electron chi connectivity index (χ1n) is 10.2. The summed E-state index contributed by atoms with van der Waals surface area (Å²) in [5, 5.41) is 16.3. The summed E-state index contributed by atoms with van der Waals surface area (Å²) >= 11 is 5.55. The first kappa shape index (κ1) is 20.8. The number of nitrogens with one attached hydrogen (secondary N) is 2. The normalized spacial score (nSPS) is 10.8. The molecule has 31 heavy (non-hydrogen) atoms. The highest BCUT2D eigenvalue weighted by Gasteiger charge is 2.14. The molecule has 0 saturated carbocycles. The molecule has 0 aliphatic rings. The molecule has 2 N–H and O–H groups in total. The Bertz CT molecular complexity index is 1180. The van der Waals surface area contributed by atoms with E-state index in [0.29, 0.717) is 5.11 Å². The van der Waals surface area contributed by atoms with E-state index in [4.69, 9.17) is 12.2 Å². The zero-order valence-corrected chi connectivity index (χ0v) is 18.8. The van der Waals surface area contributed by atoms with Gasteiger partial charge in [0.1, 0.15) is 0 Å². The number of hydrogen-bond acceptors (Lipinski definition) is 3. The molecule has 0 saturated heterocycles. The van der Waals surface area contributed by atoms with E-state index >= 15 is 0 Å². The number of nitrogens with zero attached hydrogens (tertiary/aromatic N) is 4. The number of benzene rings is 2. The molecule has 0 bridgehead atoms. The van der Waals surface area contributed by atoms with Gasteiger partial charge in [-0.2, -0.15) is 10.2 Å². The fraction of sp³-hybridized carbons (Fsp3) is 0.208. The van der Waals surface area contributed by atoms with Gasteiger partial charge in [0.25, 0.3) is 0 Å². The van der Waals surface area contributed by atoms with Gasteiger partial charge >= 0.3 is 0 Å². The molecule has 158 valence electrons. The molecule has 0 radical (unpaired) electrons. The second kappa shape index (κ2) is 9.14. The Morgan fingerprint density at radius 2 is 1.39 bits per heavy atom. The topological polar surface area (TPSA) is 59.7 Å². The number of thiocarbonyl (C=S) groups is 1. The Morgan fingerprint density at radius 3 is 2.00 bits per heavy atom. The molecule has 7 heteroatoms. The van der Waals surface area contributed by atoms with E-state index in [2.05, 4.69) is 45.1 Å². The summed E-state index contributed by atoms with van der Waals surface area (Å²) in [6.45, 7) is 7.52. The lowest BCUT2D eigenvalue weighted by Crippen LogP contribution is -2.20. The summed E-state index contributed by atoms with van der Waals surface area (Å²) in [7, 11) is 0. The van der Waals surface area contributed by atoms with Crippen molar-refractivity contribution in [2.24, 2.45) is 0 Å². The van der Waals surface area contributed by atoms with Crippen molar-refractivity contribution in [2.75, 3.05) is 10.6 Å². The van der Waals surface area contributed by atoms with Crippen LogP contribution in [-0.2, 0) is 13.1 Å². The van der Waals surface area contributed by atoms with Crippen LogP contribution in [0.5, 0.6) is 0 Å². The van der Waals surface area contributed by atoms with Gasteiger partial charge in [0.2, 0.25) is 0 Å². The van der Waals surface area contributed by atoms with Crippen molar-refractivity contribution in [3.63, 3.8) is 0 Å². The van der Waals surface area contributed by atoms with Crippen molar-refractivity contribution in [3.8, 4) is 0 Å². The highest BCUT2D eigenvalue weighted by Crippen LogP contribution is 2.21. The predicted octanol–water partition coefficient (Wildman–Crippen LogP) is 4.91. The first-order valence-corrected chi connectivity index (χ1v) is 10.6. The Balaban J connectivity index is 1.43. The summed E-state index contributed by atoms with van der Waals surface area (Å²) in [4.78, 5) is 0. The monoisotopic (exact) mass is 430 g/mol. The van der Waals surface area contributed by atoms with Crippen molar-refractivity contribution in [1.82, 2.24) is 19.6 Å². The lowest BCUT2D eigenvalue weighted by Gasteiger charge is -2.10. The number of aromatic nitrogens is 4. The van der Waals surface area contributed by atoms with Crippen molar-refractivity contribution in [3.05, 3.63) is 94.9 Å². The smallest absolute Gasteiger partial charge is 0.176 e. The molecular formula is C24H26N6S. The van der Waals surface area contributed by atoms with Gasteiger partial charge in [-0.3, -0.25) is 9.36 Å². The summed E-state index contributed by atoms with van der Waals surface area (Å²) < 4.78 is 3.96. The SMILES string of the molecule is Cc1nn(Cc2ccccc2)c(C)c1NC(=S)Nc1cc(C)n(Cc2ccccc2)n1. The van der Waals surface area contributed by atoms with Crippen molar-refractivity contribution in [1.29, 1.82) is 0 Å². The molecule has 0 amide bonds. The number of anilines is 2. The van der Waals surface area contributed by atoms with E-state index in [1.165, 1.54) is 11.1 Å². The van der Waals surface area contributed by atoms with Crippen LogP contribution in [0.15, 0.2) is 66.7 Å². The molecule has 0 aliphatic heterocycles. The molecular weight excluding hydrogens is 404 g/mol. The van der Waals surface area contributed by atoms with Crippen LogP contribution in [0.1, 0.15) is 28.2 Å². The molecule has 0 spiro atoms. The second-order valence-electron chi connectivity index (χ2n) is 7.58. The van der Waals surface area contributed by atoms with Crippen LogP contribution in [0.4, 0.5) is 11.5 Å². The molecule has 4 aromatic rings. The number of aryl methyl sites for hydroxylation is 2. The van der Waals surface area contributed by atoms with Gasteiger partial charge in [0, 0.05) is 11.8 Å². The van der Waals surface area contributed by atoms with Gasteiger partial charge in [0.05, 0.1) is 30.2 Å². The van der Waals surface area contributed by atoms with Crippen LogP contribution >= 0.6 is 12.2 Å². The van der Waals surface area contributed by atoms with Crippen LogP contribution in [0.25, 0.3) is 0 Å². The van der Waals surface area contributed by atoms with Crippen LogP contribution < -0.4 is 10.6 Å². The maximum Gasteiger partial charge on any atom is 0.176 e. The third-order valence-electron chi connectivity index (χ3n) is 5.19. The highest BCUT2D eigenvalue weighted by atomic mass is 32.1. The Labute approximate surface area is 187 Å². The zero-order valence-electron chi connectivity index (χ0n) is 18.0. The van der Waals surface area contributed by atoms with Gasteiger partial charge in [-0.1, -0.05) is 60.7 Å². The maximum atomic E-state index is 5.55. The summed E-state index contributed by atoms with van der Waals surface area (Å²) in [6, 6.07) is 22.6. The molecule has 0 unspecified atom stereocenters. The number of hydrogen-bond donors (Lipinski definition) is 2. The van der Waals surface area contributed by atoms with E-state index < -0.39 is 0 Å². The van der Waals surface area contributed by atoms with Crippen LogP contribution in [-0.4, -0.2) is 24.7 Å². The summed E-state index contributed by atoms with van der Waals surface area (Å²) in [5.74, 6) is 0.720. The van der Waals surface area contributed by atoms with Gasteiger partial charge in [0.15, 0.2) is 10.9 Å². The maximum absolute atomic E-state index is 5.55. The minimum Gasteiger partial charge on any atom is -0.329 e. The fourth-order valence-electron chi connectivity index (χ4n) is 3.54. The van der Waals surface area contributed by atoms with Gasteiger partial charge in [-0.15, -0.1) is 0 Å². The van der Waals surface area contributed by atoms with E-state index in [1.807, 2.05) is 72.6 Å². The second-order valence-corrected chi connectivity index (χ2v) is 7.99. The lowest BCUT2D eigenvalue weighted by molar-refractivity contribution is 0.659. The Kier molecular flexibility index (Phi) is 6.13. The van der Waals surface area contributed by atoms with Crippen molar-refractivity contribution < 1.29 is 0 Å². The first-order chi connectivity index (χ1) is 15.0. The van der Waals surface area contributed by atoms with E-state index in [0.717, 1.165) is 41.7 Å². The van der Waals surface area contributed by atoms with E-state index in [9.17, 15) is 0 Å². The van der Waals surface area contributed by atoms with Gasteiger partial charge in [-0.05, 0) is 44.1 Å². The minimum atomic E-state index is 0.495. The average molecular weight is 431 g/mol. The highest BCUT2D eigenvalue weighted by molar-refractivity contribution is 7.80. The molecule has 2 aromatic carbocycles. The molecule has 2 heterocycles. The lowest BCUT2D eigenvalue weighted by atomic mass is 10.2. The molecule has 0 atom stereocenters. The molecule has 0 aliphatic carbocycles. The van der Waals surface area contributed by atoms with Gasteiger partial charge in [-0.25, -0.2) is 0 Å². The standard InChI is InChI=1S/C24H26N6S/c1-17-14-22(28-29(17)15-20-10-6-4-7-11-20)25-24(31)26-23-18(2)27-30(19(23)3)16-21-12-8-5-9-13-21/h4-14H,15-16H2,1-3H3,(H2,25,26,28,31). The summed E-state index contributed by atoms with van der Waals surface area (Å²) in [5.41, 5.74) is 6.35. The van der Waals surface area contributed by atoms with E-state index in [1.54, 1.807) is 0 Å². The van der Waals surface area contributed by atoms with Crippen molar-refractivity contribution >= 4 is 28.8 Å². The van der Waals surface area contributed by atoms with Gasteiger partial charge < -0.3 is 10.6 Å². The van der Waals surface area contributed by atoms with Crippen LogP contribution in [0, 0.1) is 20.8 Å². The Morgan fingerprint density at radius 1 is 0.806 bits per heavy atom. The largest absolute Gasteiger partial charge is 0.329 e. The summed E-state index contributed by atoms with van der Waals surface area (Å²) in [6.07, 6.45) is 0. The molecule has 0 fully saturated rings. The van der Waals surface area contributed by atoms with Crippen LogP contribution in [0.2, 0.25) is 0 Å². The quantitative estimate of drug-likeness (QED) is 0.426. The van der Waals surface area contributed by atoms with E-state index in [-0.39, 0.29) is 0 Å². The average Bonchev–Trinajstić information content (AvgIpc) is 3.22. The Hall–Kier alpha value is -3.45. The molecule has 4 rings (SSSR count). The third-order valence-corrected chi connectivity index (χ3v) is 5.40. The third kappa shape index (κ3) is 5.00. The van der Waals surface area contributed by atoms with Crippen molar-refractivity contribution in [2.45, 2.75) is 33.9 Å². The molecule has 2 aromatic heterocycles. The number of rotatable bonds is 6. The zero-order chi connectivity index (χ0) is 21.8. The van der Waals surface area contributed by atoms with Crippen LogP contribution in [0.3, 0.4) is 0 Å². The predicted molar refractivity (Wildman–Crippen MR) is 130 cm³/mol. The molecule has 6 nitrogen and oxygen atoms in total. The minimum absolute atomic E-state index is 0.495.